The van der Waals surface area contributed by atoms with Gasteiger partial charge >= 0.3 is 5.97 Å². The zero-order chi connectivity index (χ0) is 18.2. The van der Waals surface area contributed by atoms with Crippen molar-refractivity contribution in [2.24, 2.45) is 5.92 Å². The van der Waals surface area contributed by atoms with Crippen LogP contribution in [0.3, 0.4) is 0 Å². The highest BCUT2D eigenvalue weighted by Gasteiger charge is 2.32. The lowest BCUT2D eigenvalue weighted by Gasteiger charge is -2.24. The van der Waals surface area contributed by atoms with Gasteiger partial charge in [-0.15, -0.1) is 11.8 Å². The maximum atomic E-state index is 12.2. The Morgan fingerprint density at radius 3 is 2.92 bits per heavy atom. The molecule has 3 rings (SSSR count). The number of allylic oxidation sites excluding steroid dienone is 7. The lowest BCUT2D eigenvalue weighted by atomic mass is 9.86. The summed E-state index contributed by atoms with van der Waals surface area (Å²) < 4.78 is 5.73. The minimum Gasteiger partial charge on any atom is -0.459 e. The molecule has 0 heterocycles. The van der Waals surface area contributed by atoms with Gasteiger partial charge in [0.05, 0.1) is 5.75 Å². The highest BCUT2D eigenvalue weighted by Crippen LogP contribution is 2.33. The van der Waals surface area contributed by atoms with Crippen LogP contribution in [0, 0.1) is 5.92 Å². The van der Waals surface area contributed by atoms with E-state index >= 15 is 0 Å². The molecule has 0 spiro atoms. The van der Waals surface area contributed by atoms with Gasteiger partial charge in [0, 0.05) is 5.75 Å². The van der Waals surface area contributed by atoms with E-state index in [0.29, 0.717) is 11.7 Å². The molecule has 0 radical (unpaired) electrons. The van der Waals surface area contributed by atoms with Crippen molar-refractivity contribution >= 4 is 17.7 Å². The molecule has 1 saturated carbocycles. The number of rotatable bonds is 5. The maximum absolute atomic E-state index is 12.2. The van der Waals surface area contributed by atoms with Gasteiger partial charge in [0.2, 0.25) is 0 Å². The van der Waals surface area contributed by atoms with Crippen LogP contribution in [-0.4, -0.2) is 23.1 Å². The summed E-state index contributed by atoms with van der Waals surface area (Å²) in [6.07, 6.45) is 24.2. The molecule has 0 aliphatic heterocycles. The Labute approximate surface area is 162 Å². The number of esters is 1. The molecule has 0 N–H and O–H groups in total. The average Bonchev–Trinajstić information content (AvgIpc) is 3.05. The predicted octanol–water partition coefficient (Wildman–Crippen LogP) is 6.15. The molecule has 3 heteroatoms. The smallest absolute Gasteiger partial charge is 0.316 e. The van der Waals surface area contributed by atoms with Crippen LogP contribution in [0.4, 0.5) is 0 Å². The van der Waals surface area contributed by atoms with E-state index in [1.54, 1.807) is 11.8 Å². The Morgan fingerprint density at radius 2 is 2.08 bits per heavy atom. The Kier molecular flexibility index (Phi) is 7.24. The molecular weight excluding hydrogens is 340 g/mol. The SMILES string of the molecule is CC1(OC(=O)CSCC2=C/CCCCC3CC=CC=C3\C=C\2)CCCC1. The Bertz CT molecular complexity index is 606. The highest BCUT2D eigenvalue weighted by molar-refractivity contribution is 8.00. The molecule has 0 bridgehead atoms. The summed E-state index contributed by atoms with van der Waals surface area (Å²) in [5.41, 5.74) is 2.59. The van der Waals surface area contributed by atoms with Gasteiger partial charge in [-0.25, -0.2) is 0 Å². The molecular formula is C23H32O2S. The first-order valence-electron chi connectivity index (χ1n) is 10.2. The third-order valence-corrected chi connectivity index (χ3v) is 6.71. The molecule has 1 atom stereocenters. The maximum Gasteiger partial charge on any atom is 0.316 e. The highest BCUT2D eigenvalue weighted by atomic mass is 32.2. The zero-order valence-corrected chi connectivity index (χ0v) is 16.9. The molecule has 1 fully saturated rings. The molecule has 26 heavy (non-hydrogen) atoms. The molecule has 142 valence electrons. The van der Waals surface area contributed by atoms with Crippen molar-refractivity contribution < 1.29 is 9.53 Å². The molecule has 0 aromatic rings. The summed E-state index contributed by atoms with van der Waals surface area (Å²) >= 11 is 1.68. The van der Waals surface area contributed by atoms with Crippen LogP contribution in [0.5, 0.6) is 0 Å². The van der Waals surface area contributed by atoms with Crippen molar-refractivity contribution in [2.75, 3.05) is 11.5 Å². The summed E-state index contributed by atoms with van der Waals surface area (Å²) in [6.45, 7) is 2.08. The van der Waals surface area contributed by atoms with Gasteiger partial charge in [0.1, 0.15) is 5.60 Å². The lowest BCUT2D eigenvalue weighted by molar-refractivity contribution is -0.154. The van der Waals surface area contributed by atoms with Crippen LogP contribution in [0.1, 0.15) is 64.7 Å². The number of fused-ring (bicyclic) bond motifs is 1. The van der Waals surface area contributed by atoms with E-state index in [9.17, 15) is 4.79 Å². The molecule has 1 unspecified atom stereocenters. The standard InChI is InChI=1S/C23H32O2S/c1-23(15-7-8-16-23)25-22(24)18-26-17-19-9-3-2-4-10-20-11-5-6-12-21(20)14-13-19/h5-6,9,12-14,20H,2-4,7-8,10-11,15-18H2,1H3/b14-13+,19-9+. The number of carbonyl (C=O) groups excluding carboxylic acids is 1. The van der Waals surface area contributed by atoms with Crippen molar-refractivity contribution in [3.63, 3.8) is 0 Å². The minimum atomic E-state index is -0.205. The van der Waals surface area contributed by atoms with Crippen molar-refractivity contribution in [3.8, 4) is 0 Å². The molecule has 2 nitrogen and oxygen atoms in total. The number of hydrogen-bond donors (Lipinski definition) is 0. The van der Waals surface area contributed by atoms with Gasteiger partial charge in [-0.2, -0.15) is 0 Å². The second-order valence-electron chi connectivity index (χ2n) is 8.05. The van der Waals surface area contributed by atoms with Crippen molar-refractivity contribution in [1.29, 1.82) is 0 Å². The van der Waals surface area contributed by atoms with Gasteiger partial charge in [-0.1, -0.05) is 42.9 Å². The fourth-order valence-corrected chi connectivity index (χ4v) is 4.93. The Balaban J connectivity index is 1.50. The topological polar surface area (TPSA) is 26.3 Å². The first-order chi connectivity index (χ1) is 12.6. The molecule has 0 saturated heterocycles. The lowest BCUT2D eigenvalue weighted by Crippen LogP contribution is -2.29. The predicted molar refractivity (Wildman–Crippen MR) is 111 cm³/mol. The van der Waals surface area contributed by atoms with Gasteiger partial charge in [0.25, 0.3) is 0 Å². The van der Waals surface area contributed by atoms with E-state index < -0.39 is 0 Å². The molecule has 0 aromatic heterocycles. The van der Waals surface area contributed by atoms with E-state index in [4.69, 9.17) is 4.74 Å². The van der Waals surface area contributed by atoms with Gasteiger partial charge in [0.15, 0.2) is 0 Å². The number of hydrogen-bond acceptors (Lipinski definition) is 3. The Morgan fingerprint density at radius 1 is 1.23 bits per heavy atom. The normalized spacial score (nSPS) is 28.4. The second kappa shape index (κ2) is 9.64. The summed E-state index contributed by atoms with van der Waals surface area (Å²) in [6, 6.07) is 0. The number of thioether (sulfide) groups is 1. The summed E-state index contributed by atoms with van der Waals surface area (Å²) in [4.78, 5) is 12.2. The zero-order valence-electron chi connectivity index (χ0n) is 16.0. The second-order valence-corrected chi connectivity index (χ2v) is 9.03. The van der Waals surface area contributed by atoms with Crippen LogP contribution < -0.4 is 0 Å². The van der Waals surface area contributed by atoms with Crippen LogP contribution in [0.2, 0.25) is 0 Å². The molecule has 3 aliphatic carbocycles. The summed E-state index contributed by atoms with van der Waals surface area (Å²) in [5.74, 6) is 1.97. The van der Waals surface area contributed by atoms with Gasteiger partial charge in [-0.3, -0.25) is 4.79 Å². The molecule has 0 amide bonds. The first kappa shape index (κ1) is 19.5. The van der Waals surface area contributed by atoms with E-state index in [-0.39, 0.29) is 11.6 Å². The average molecular weight is 373 g/mol. The van der Waals surface area contributed by atoms with E-state index in [1.807, 2.05) is 0 Å². The molecule has 0 aromatic carbocycles. The quantitative estimate of drug-likeness (QED) is 0.541. The monoisotopic (exact) mass is 372 g/mol. The van der Waals surface area contributed by atoms with Gasteiger partial charge < -0.3 is 4.74 Å². The van der Waals surface area contributed by atoms with Crippen LogP contribution in [0.25, 0.3) is 0 Å². The third-order valence-electron chi connectivity index (χ3n) is 5.73. The van der Waals surface area contributed by atoms with Crippen molar-refractivity contribution in [1.82, 2.24) is 0 Å². The number of ether oxygens (including phenoxy) is 1. The van der Waals surface area contributed by atoms with Crippen molar-refractivity contribution in [2.45, 2.75) is 70.3 Å². The van der Waals surface area contributed by atoms with Crippen LogP contribution in [-0.2, 0) is 9.53 Å². The Hall–Kier alpha value is -1.22. The summed E-state index contributed by atoms with van der Waals surface area (Å²) in [7, 11) is 0. The molecule has 3 aliphatic rings. The fourth-order valence-electron chi connectivity index (χ4n) is 4.15. The van der Waals surface area contributed by atoms with Crippen LogP contribution >= 0.6 is 11.8 Å². The first-order valence-corrected chi connectivity index (χ1v) is 11.3. The number of carbonyl (C=O) groups is 1. The fraction of sp³-hybridized carbons (Fsp3) is 0.609. The third kappa shape index (κ3) is 5.90. The minimum absolute atomic E-state index is 0.0518. The van der Waals surface area contributed by atoms with Gasteiger partial charge in [-0.05, 0) is 75.4 Å². The van der Waals surface area contributed by atoms with E-state index in [1.165, 1.54) is 49.7 Å². The summed E-state index contributed by atoms with van der Waals surface area (Å²) in [5, 5.41) is 0. The van der Waals surface area contributed by atoms with E-state index in [2.05, 4.69) is 43.4 Å². The van der Waals surface area contributed by atoms with Crippen molar-refractivity contribution in [3.05, 3.63) is 47.6 Å². The van der Waals surface area contributed by atoms with Crippen LogP contribution in [0.15, 0.2) is 47.6 Å². The largest absolute Gasteiger partial charge is 0.459 e. The van der Waals surface area contributed by atoms with E-state index in [0.717, 1.165) is 25.0 Å².